The Bertz CT molecular complexity index is 579. The highest BCUT2D eigenvalue weighted by Gasteiger charge is 2.40. The third kappa shape index (κ3) is 3.82. The van der Waals surface area contributed by atoms with E-state index in [1.165, 1.54) is 0 Å². The summed E-state index contributed by atoms with van der Waals surface area (Å²) in [5.41, 5.74) is 0.377. The summed E-state index contributed by atoms with van der Waals surface area (Å²) in [6.45, 7) is 5.61. The van der Waals surface area contributed by atoms with Crippen molar-refractivity contribution in [2.24, 2.45) is 0 Å². The standard InChI is InChI=1S/C16H24N4O4/c1-12-18-13(15(21)17-5-8-22-2)11-14(19-12)20-6-3-16(4-7-20)23-9-10-24-16/h11H,3-10H2,1-2H3,(H,17,21). The molecule has 2 aliphatic heterocycles. The van der Waals surface area contributed by atoms with Gasteiger partial charge < -0.3 is 24.4 Å². The van der Waals surface area contributed by atoms with Gasteiger partial charge in [0.05, 0.1) is 19.8 Å². The topological polar surface area (TPSA) is 85.8 Å². The van der Waals surface area contributed by atoms with Gasteiger partial charge in [0, 0.05) is 45.7 Å². The first kappa shape index (κ1) is 17.1. The lowest BCUT2D eigenvalue weighted by atomic mass is 10.0. The number of nitrogens with one attached hydrogen (secondary N) is 1. The second-order valence-corrected chi connectivity index (χ2v) is 6.00. The SMILES string of the molecule is COCCNC(=O)c1cc(N2CCC3(CC2)OCCO3)nc(C)n1. The molecule has 24 heavy (non-hydrogen) atoms. The molecule has 8 heteroatoms. The first-order chi connectivity index (χ1) is 11.6. The first-order valence-electron chi connectivity index (χ1n) is 8.28. The van der Waals surface area contributed by atoms with Gasteiger partial charge in [0.2, 0.25) is 0 Å². The Kier molecular flexibility index (Phi) is 5.27. The largest absolute Gasteiger partial charge is 0.383 e. The average Bonchev–Trinajstić information content (AvgIpc) is 3.03. The maximum absolute atomic E-state index is 12.2. The monoisotopic (exact) mass is 336 g/mol. The number of aromatic nitrogens is 2. The van der Waals surface area contributed by atoms with Crippen molar-refractivity contribution in [3.8, 4) is 0 Å². The van der Waals surface area contributed by atoms with Gasteiger partial charge in [-0.2, -0.15) is 0 Å². The number of hydrogen-bond acceptors (Lipinski definition) is 7. The second-order valence-electron chi connectivity index (χ2n) is 6.00. The fourth-order valence-electron chi connectivity index (χ4n) is 3.05. The van der Waals surface area contributed by atoms with Crippen LogP contribution in [0.3, 0.4) is 0 Å². The highest BCUT2D eigenvalue weighted by atomic mass is 16.7. The Morgan fingerprint density at radius 2 is 2.04 bits per heavy atom. The molecule has 1 aromatic heterocycles. The zero-order valence-electron chi connectivity index (χ0n) is 14.2. The van der Waals surface area contributed by atoms with Crippen LogP contribution in [0.25, 0.3) is 0 Å². The lowest BCUT2D eigenvalue weighted by molar-refractivity contribution is -0.169. The van der Waals surface area contributed by atoms with Crippen molar-refractivity contribution in [1.82, 2.24) is 15.3 Å². The van der Waals surface area contributed by atoms with Crippen LogP contribution in [0.5, 0.6) is 0 Å². The fourth-order valence-corrected chi connectivity index (χ4v) is 3.05. The molecule has 3 heterocycles. The number of piperidine rings is 1. The quantitative estimate of drug-likeness (QED) is 0.784. The van der Waals surface area contributed by atoms with Crippen LogP contribution in [0, 0.1) is 6.92 Å². The van der Waals surface area contributed by atoms with Crippen molar-refractivity contribution in [3.63, 3.8) is 0 Å². The summed E-state index contributed by atoms with van der Waals surface area (Å²) in [5.74, 6) is 0.721. The summed E-state index contributed by atoms with van der Waals surface area (Å²) in [6.07, 6.45) is 1.59. The van der Waals surface area contributed by atoms with Crippen molar-refractivity contribution >= 4 is 11.7 Å². The Morgan fingerprint density at radius 1 is 1.33 bits per heavy atom. The molecule has 2 aliphatic rings. The number of methoxy groups -OCH3 is 1. The molecule has 1 N–H and O–H groups in total. The molecule has 0 unspecified atom stereocenters. The molecular weight excluding hydrogens is 312 g/mol. The van der Waals surface area contributed by atoms with Crippen LogP contribution in [0.4, 0.5) is 5.82 Å². The lowest BCUT2D eigenvalue weighted by Gasteiger charge is -2.38. The lowest BCUT2D eigenvalue weighted by Crippen LogP contribution is -2.45. The molecule has 0 radical (unpaired) electrons. The van der Waals surface area contributed by atoms with Gasteiger partial charge in [-0.25, -0.2) is 9.97 Å². The first-order valence-corrected chi connectivity index (χ1v) is 8.28. The van der Waals surface area contributed by atoms with E-state index in [9.17, 15) is 4.79 Å². The summed E-state index contributed by atoms with van der Waals surface area (Å²) in [4.78, 5) is 23.1. The van der Waals surface area contributed by atoms with Crippen LogP contribution in [0.15, 0.2) is 6.07 Å². The fraction of sp³-hybridized carbons (Fsp3) is 0.688. The normalized spacial score (nSPS) is 19.7. The van der Waals surface area contributed by atoms with E-state index in [1.54, 1.807) is 20.1 Å². The van der Waals surface area contributed by atoms with Crippen LogP contribution in [-0.2, 0) is 14.2 Å². The maximum atomic E-state index is 12.2. The predicted molar refractivity (Wildman–Crippen MR) is 87.1 cm³/mol. The van der Waals surface area contributed by atoms with E-state index in [2.05, 4.69) is 20.2 Å². The number of carbonyl (C=O) groups excluding carboxylic acids is 1. The summed E-state index contributed by atoms with van der Waals surface area (Å²) in [6, 6.07) is 1.74. The van der Waals surface area contributed by atoms with Crippen molar-refractivity contribution in [3.05, 3.63) is 17.6 Å². The maximum Gasteiger partial charge on any atom is 0.270 e. The number of aryl methyl sites for hydroxylation is 1. The van der Waals surface area contributed by atoms with Gasteiger partial charge >= 0.3 is 0 Å². The number of carbonyl (C=O) groups is 1. The number of amides is 1. The van der Waals surface area contributed by atoms with Gasteiger partial charge in [-0.3, -0.25) is 4.79 Å². The van der Waals surface area contributed by atoms with Crippen molar-refractivity contribution in [2.45, 2.75) is 25.6 Å². The van der Waals surface area contributed by atoms with Crippen LogP contribution >= 0.6 is 0 Å². The van der Waals surface area contributed by atoms with Gasteiger partial charge in [0.1, 0.15) is 17.3 Å². The van der Waals surface area contributed by atoms with Gasteiger partial charge in [-0.05, 0) is 6.92 Å². The van der Waals surface area contributed by atoms with E-state index in [1.807, 2.05) is 0 Å². The second kappa shape index (κ2) is 7.42. The highest BCUT2D eigenvalue weighted by molar-refractivity contribution is 5.92. The summed E-state index contributed by atoms with van der Waals surface area (Å²) < 4.78 is 16.4. The minimum atomic E-state index is -0.418. The Balaban J connectivity index is 1.66. The number of nitrogens with zero attached hydrogens (tertiary/aromatic N) is 3. The molecule has 8 nitrogen and oxygen atoms in total. The van der Waals surface area contributed by atoms with Crippen molar-refractivity contribution in [2.75, 3.05) is 51.5 Å². The zero-order chi connectivity index (χ0) is 17.0. The molecule has 0 saturated carbocycles. The third-order valence-corrected chi connectivity index (χ3v) is 4.31. The van der Waals surface area contributed by atoms with E-state index in [0.29, 0.717) is 37.9 Å². The van der Waals surface area contributed by atoms with E-state index in [4.69, 9.17) is 14.2 Å². The number of anilines is 1. The summed E-state index contributed by atoms with van der Waals surface area (Å²) in [5, 5.41) is 2.78. The Labute approximate surface area is 141 Å². The number of hydrogen-bond donors (Lipinski definition) is 1. The molecule has 3 rings (SSSR count). The molecule has 0 atom stereocenters. The van der Waals surface area contributed by atoms with Crippen LogP contribution < -0.4 is 10.2 Å². The van der Waals surface area contributed by atoms with Crippen LogP contribution in [0.2, 0.25) is 0 Å². The van der Waals surface area contributed by atoms with Crippen molar-refractivity contribution in [1.29, 1.82) is 0 Å². The van der Waals surface area contributed by atoms with E-state index in [-0.39, 0.29) is 5.91 Å². The van der Waals surface area contributed by atoms with Crippen LogP contribution in [0.1, 0.15) is 29.2 Å². The van der Waals surface area contributed by atoms with Crippen molar-refractivity contribution < 1.29 is 19.0 Å². The number of ether oxygens (including phenoxy) is 3. The minimum Gasteiger partial charge on any atom is -0.383 e. The molecule has 0 aliphatic carbocycles. The average molecular weight is 336 g/mol. The third-order valence-electron chi connectivity index (χ3n) is 4.31. The molecule has 2 fully saturated rings. The molecule has 132 valence electrons. The zero-order valence-corrected chi connectivity index (χ0v) is 14.2. The van der Waals surface area contributed by atoms with Gasteiger partial charge in [0.15, 0.2) is 5.79 Å². The molecule has 0 bridgehead atoms. The highest BCUT2D eigenvalue weighted by Crippen LogP contribution is 2.32. The summed E-state index contributed by atoms with van der Waals surface area (Å²) in [7, 11) is 1.60. The van der Waals surface area contributed by atoms with Gasteiger partial charge in [0.25, 0.3) is 5.91 Å². The Hall–Kier alpha value is -1.77. The smallest absolute Gasteiger partial charge is 0.270 e. The van der Waals surface area contributed by atoms with E-state index in [0.717, 1.165) is 31.7 Å². The molecule has 1 aromatic rings. The molecule has 0 aromatic carbocycles. The molecule has 2 saturated heterocycles. The summed E-state index contributed by atoms with van der Waals surface area (Å²) >= 11 is 0. The molecular formula is C16H24N4O4. The molecule has 1 spiro atoms. The number of rotatable bonds is 5. The predicted octanol–water partition coefficient (Wildman–Crippen LogP) is 0.505. The minimum absolute atomic E-state index is 0.213. The van der Waals surface area contributed by atoms with Gasteiger partial charge in [-0.15, -0.1) is 0 Å². The van der Waals surface area contributed by atoms with Crippen LogP contribution in [-0.4, -0.2) is 68.2 Å². The molecule has 1 amide bonds. The van der Waals surface area contributed by atoms with Gasteiger partial charge in [-0.1, -0.05) is 0 Å². The van der Waals surface area contributed by atoms with E-state index >= 15 is 0 Å². The Morgan fingerprint density at radius 3 is 2.71 bits per heavy atom. The van der Waals surface area contributed by atoms with E-state index < -0.39 is 5.79 Å².